The van der Waals surface area contributed by atoms with Gasteiger partial charge in [0.05, 0.1) is 30.6 Å². The molecule has 1 amide bonds. The van der Waals surface area contributed by atoms with Gasteiger partial charge in [-0.2, -0.15) is 0 Å². The van der Waals surface area contributed by atoms with Crippen molar-refractivity contribution in [2.45, 2.75) is 6.54 Å². The average Bonchev–Trinajstić information content (AvgIpc) is 2.67. The standard InChI is InChI=1S/C17H15N5O2/c1-24-15-5-4-13(10-21-15)17(23)22-11-14-16(20-8-7-19-14)12-3-2-6-18-9-12/h2-10H,11H2,1H3,(H,22,23). The summed E-state index contributed by atoms with van der Waals surface area (Å²) in [6.45, 7) is 0.253. The van der Waals surface area contributed by atoms with Crippen molar-refractivity contribution in [3.8, 4) is 17.1 Å². The van der Waals surface area contributed by atoms with E-state index in [0.717, 1.165) is 5.56 Å². The quantitative estimate of drug-likeness (QED) is 0.771. The number of nitrogens with one attached hydrogen (secondary N) is 1. The first kappa shape index (κ1) is 15.5. The summed E-state index contributed by atoms with van der Waals surface area (Å²) in [6, 6.07) is 7.02. The Morgan fingerprint density at radius 1 is 1.08 bits per heavy atom. The molecule has 0 atom stereocenters. The van der Waals surface area contributed by atoms with Crippen molar-refractivity contribution in [1.29, 1.82) is 0 Å². The fourth-order valence-electron chi connectivity index (χ4n) is 2.14. The molecule has 0 fully saturated rings. The molecule has 3 aromatic rings. The van der Waals surface area contributed by atoms with Crippen LogP contribution in [-0.4, -0.2) is 33.0 Å². The van der Waals surface area contributed by atoms with Gasteiger partial charge in [-0.15, -0.1) is 0 Å². The van der Waals surface area contributed by atoms with Crippen LogP contribution in [0.5, 0.6) is 5.88 Å². The van der Waals surface area contributed by atoms with E-state index in [1.54, 1.807) is 36.9 Å². The second-order valence-electron chi connectivity index (χ2n) is 4.87. The number of methoxy groups -OCH3 is 1. The molecule has 7 heteroatoms. The van der Waals surface area contributed by atoms with Gasteiger partial charge in [0.1, 0.15) is 0 Å². The molecule has 0 bridgehead atoms. The minimum absolute atomic E-state index is 0.243. The molecule has 0 saturated heterocycles. The highest BCUT2D eigenvalue weighted by atomic mass is 16.5. The first-order valence-electron chi connectivity index (χ1n) is 7.26. The molecular weight excluding hydrogens is 306 g/mol. The molecule has 0 unspecified atom stereocenters. The predicted molar refractivity (Wildman–Crippen MR) is 87.2 cm³/mol. The summed E-state index contributed by atoms with van der Waals surface area (Å²) in [7, 11) is 1.52. The Morgan fingerprint density at radius 2 is 1.96 bits per heavy atom. The maximum atomic E-state index is 12.2. The van der Waals surface area contributed by atoms with Crippen LogP contribution < -0.4 is 10.1 Å². The first-order valence-corrected chi connectivity index (χ1v) is 7.26. The summed E-state index contributed by atoms with van der Waals surface area (Å²) in [4.78, 5) is 29.0. The number of hydrogen-bond acceptors (Lipinski definition) is 6. The van der Waals surface area contributed by atoms with Crippen LogP contribution in [0.15, 0.2) is 55.2 Å². The van der Waals surface area contributed by atoms with E-state index in [9.17, 15) is 4.79 Å². The Bertz CT molecular complexity index is 822. The maximum absolute atomic E-state index is 12.2. The number of rotatable bonds is 5. The molecule has 3 rings (SSSR count). The lowest BCUT2D eigenvalue weighted by Gasteiger charge is -2.09. The molecule has 0 aromatic carbocycles. The van der Waals surface area contributed by atoms with Crippen LogP contribution >= 0.6 is 0 Å². The number of hydrogen-bond donors (Lipinski definition) is 1. The minimum Gasteiger partial charge on any atom is -0.481 e. The summed E-state index contributed by atoms with van der Waals surface area (Å²) >= 11 is 0. The molecule has 0 saturated carbocycles. The van der Waals surface area contributed by atoms with E-state index in [-0.39, 0.29) is 12.5 Å². The Hall–Kier alpha value is -3.35. The van der Waals surface area contributed by atoms with Crippen LogP contribution in [0.3, 0.4) is 0 Å². The Labute approximate surface area is 138 Å². The van der Waals surface area contributed by atoms with Gasteiger partial charge < -0.3 is 10.1 Å². The molecule has 7 nitrogen and oxygen atoms in total. The monoisotopic (exact) mass is 321 g/mol. The van der Waals surface area contributed by atoms with E-state index in [1.165, 1.54) is 13.3 Å². The topological polar surface area (TPSA) is 89.9 Å². The summed E-state index contributed by atoms with van der Waals surface area (Å²) in [5, 5.41) is 2.82. The number of carbonyl (C=O) groups is 1. The van der Waals surface area contributed by atoms with Gasteiger partial charge in [0.25, 0.3) is 5.91 Å². The Morgan fingerprint density at radius 3 is 2.67 bits per heavy atom. The zero-order valence-electron chi connectivity index (χ0n) is 13.0. The van der Waals surface area contributed by atoms with Gasteiger partial charge in [-0.25, -0.2) is 4.98 Å². The number of ether oxygens (including phenoxy) is 1. The minimum atomic E-state index is -0.243. The van der Waals surface area contributed by atoms with E-state index >= 15 is 0 Å². The fourth-order valence-corrected chi connectivity index (χ4v) is 2.14. The molecule has 3 aromatic heterocycles. The second kappa shape index (κ2) is 7.28. The summed E-state index contributed by atoms with van der Waals surface area (Å²) in [5.74, 6) is 0.215. The third-order valence-corrected chi connectivity index (χ3v) is 3.33. The molecule has 1 N–H and O–H groups in total. The number of nitrogens with zero attached hydrogens (tertiary/aromatic N) is 4. The van der Waals surface area contributed by atoms with Gasteiger partial charge in [-0.3, -0.25) is 19.7 Å². The lowest BCUT2D eigenvalue weighted by Crippen LogP contribution is -2.24. The third-order valence-electron chi connectivity index (χ3n) is 3.33. The Kier molecular flexibility index (Phi) is 4.71. The number of carbonyl (C=O) groups excluding carboxylic acids is 1. The molecule has 120 valence electrons. The number of aromatic nitrogens is 4. The van der Waals surface area contributed by atoms with Crippen molar-refractivity contribution >= 4 is 5.91 Å². The van der Waals surface area contributed by atoms with Gasteiger partial charge in [0.15, 0.2) is 0 Å². The normalized spacial score (nSPS) is 10.2. The van der Waals surface area contributed by atoms with Crippen molar-refractivity contribution in [3.63, 3.8) is 0 Å². The van der Waals surface area contributed by atoms with Gasteiger partial charge in [-0.05, 0) is 18.2 Å². The lowest BCUT2D eigenvalue weighted by atomic mass is 10.1. The first-order chi connectivity index (χ1) is 11.8. The fraction of sp³-hybridized carbons (Fsp3) is 0.118. The van der Waals surface area contributed by atoms with Crippen molar-refractivity contribution in [2.24, 2.45) is 0 Å². The highest BCUT2D eigenvalue weighted by molar-refractivity contribution is 5.93. The third kappa shape index (κ3) is 3.52. The lowest BCUT2D eigenvalue weighted by molar-refractivity contribution is 0.0950. The largest absolute Gasteiger partial charge is 0.481 e. The van der Waals surface area contributed by atoms with E-state index in [4.69, 9.17) is 4.74 Å². The van der Waals surface area contributed by atoms with Crippen LogP contribution in [0.2, 0.25) is 0 Å². The van der Waals surface area contributed by atoms with Crippen LogP contribution in [0.1, 0.15) is 16.1 Å². The zero-order valence-corrected chi connectivity index (χ0v) is 13.0. The van der Waals surface area contributed by atoms with Gasteiger partial charge >= 0.3 is 0 Å². The van der Waals surface area contributed by atoms with Crippen molar-refractivity contribution in [2.75, 3.05) is 7.11 Å². The highest BCUT2D eigenvalue weighted by Crippen LogP contribution is 2.18. The summed E-state index contributed by atoms with van der Waals surface area (Å²) in [6.07, 6.45) is 8.07. The Balaban J connectivity index is 1.74. The zero-order chi connectivity index (χ0) is 16.8. The predicted octanol–water partition coefficient (Wildman–Crippen LogP) is 1.87. The van der Waals surface area contributed by atoms with Crippen molar-refractivity contribution in [1.82, 2.24) is 25.3 Å². The average molecular weight is 321 g/mol. The van der Waals surface area contributed by atoms with Gasteiger partial charge in [0, 0.05) is 42.6 Å². The number of amides is 1. The molecule has 0 aliphatic rings. The summed E-state index contributed by atoms with van der Waals surface area (Å²) < 4.78 is 4.98. The van der Waals surface area contributed by atoms with Crippen molar-refractivity contribution in [3.05, 3.63) is 66.5 Å². The van der Waals surface area contributed by atoms with Gasteiger partial charge in [0.2, 0.25) is 5.88 Å². The van der Waals surface area contributed by atoms with Crippen LogP contribution in [0.25, 0.3) is 11.3 Å². The van der Waals surface area contributed by atoms with Crippen molar-refractivity contribution < 1.29 is 9.53 Å². The maximum Gasteiger partial charge on any atom is 0.253 e. The van der Waals surface area contributed by atoms with E-state index in [1.807, 2.05) is 12.1 Å². The molecular formula is C17H15N5O2. The van der Waals surface area contributed by atoms with E-state index in [0.29, 0.717) is 22.8 Å². The highest BCUT2D eigenvalue weighted by Gasteiger charge is 2.11. The van der Waals surface area contributed by atoms with Gasteiger partial charge in [-0.1, -0.05) is 0 Å². The SMILES string of the molecule is COc1ccc(C(=O)NCc2nccnc2-c2cccnc2)cn1. The smallest absolute Gasteiger partial charge is 0.253 e. The van der Waals surface area contributed by atoms with Crippen LogP contribution in [0.4, 0.5) is 0 Å². The van der Waals surface area contributed by atoms with Crippen LogP contribution in [-0.2, 0) is 6.54 Å². The summed E-state index contributed by atoms with van der Waals surface area (Å²) in [5.41, 5.74) is 2.66. The molecule has 0 spiro atoms. The van der Waals surface area contributed by atoms with E-state index in [2.05, 4.69) is 25.3 Å². The molecule has 24 heavy (non-hydrogen) atoms. The van der Waals surface area contributed by atoms with E-state index < -0.39 is 0 Å². The van der Waals surface area contributed by atoms with Crippen LogP contribution in [0, 0.1) is 0 Å². The molecule has 3 heterocycles. The number of pyridine rings is 2. The second-order valence-corrected chi connectivity index (χ2v) is 4.87. The molecule has 0 aliphatic heterocycles. The molecule has 0 radical (unpaired) electrons. The molecule has 0 aliphatic carbocycles.